The number of aromatic nitrogens is 3. The summed E-state index contributed by atoms with van der Waals surface area (Å²) in [6.45, 7) is 1.85. The van der Waals surface area contributed by atoms with Gasteiger partial charge in [-0.3, -0.25) is 0 Å². The number of anilines is 1. The van der Waals surface area contributed by atoms with Crippen molar-refractivity contribution in [3.8, 4) is 6.07 Å². The van der Waals surface area contributed by atoms with E-state index in [4.69, 9.17) is 11.0 Å². The molecule has 2 aromatic rings. The Balaban J connectivity index is 2.94. The van der Waals surface area contributed by atoms with E-state index in [1.54, 1.807) is 10.7 Å². The zero-order chi connectivity index (χ0) is 9.42. The molecule has 0 amide bonds. The standard InChI is InChI=1S/C8H7N5/c1-5-4-11-8-6(3-9)2-7(10)12-13(5)8/h2,4H,1H3,(H2,10,12). The Morgan fingerprint density at radius 1 is 1.62 bits per heavy atom. The highest BCUT2D eigenvalue weighted by atomic mass is 15.3. The van der Waals surface area contributed by atoms with Crippen LogP contribution in [0.1, 0.15) is 11.3 Å². The van der Waals surface area contributed by atoms with Gasteiger partial charge < -0.3 is 5.73 Å². The van der Waals surface area contributed by atoms with Crippen molar-refractivity contribution >= 4 is 11.5 Å². The normalized spacial score (nSPS) is 10.2. The first-order valence-electron chi connectivity index (χ1n) is 3.73. The van der Waals surface area contributed by atoms with E-state index < -0.39 is 0 Å². The van der Waals surface area contributed by atoms with E-state index in [0.29, 0.717) is 17.0 Å². The van der Waals surface area contributed by atoms with Gasteiger partial charge in [0.1, 0.15) is 17.5 Å². The molecule has 13 heavy (non-hydrogen) atoms. The van der Waals surface area contributed by atoms with Crippen molar-refractivity contribution in [2.24, 2.45) is 0 Å². The molecule has 0 aliphatic rings. The predicted octanol–water partition coefficient (Wildman–Crippen LogP) is 0.492. The summed E-state index contributed by atoms with van der Waals surface area (Å²) in [5, 5.41) is 12.8. The van der Waals surface area contributed by atoms with Crippen LogP contribution in [0.4, 0.5) is 5.82 Å². The number of hydrogen-bond donors (Lipinski definition) is 1. The van der Waals surface area contributed by atoms with E-state index in [0.717, 1.165) is 5.69 Å². The molecular formula is C8H7N5. The highest BCUT2D eigenvalue weighted by Crippen LogP contribution is 2.11. The summed E-state index contributed by atoms with van der Waals surface area (Å²) in [4.78, 5) is 4.05. The van der Waals surface area contributed by atoms with Gasteiger partial charge in [-0.2, -0.15) is 5.26 Å². The highest BCUT2D eigenvalue weighted by molar-refractivity contribution is 5.58. The topological polar surface area (TPSA) is 80.0 Å². The van der Waals surface area contributed by atoms with E-state index in [9.17, 15) is 0 Å². The average Bonchev–Trinajstić information content (AvgIpc) is 2.47. The summed E-state index contributed by atoms with van der Waals surface area (Å²) < 4.78 is 1.56. The summed E-state index contributed by atoms with van der Waals surface area (Å²) in [6.07, 6.45) is 1.66. The summed E-state index contributed by atoms with van der Waals surface area (Å²) in [5.74, 6) is 0.324. The Kier molecular flexibility index (Phi) is 1.43. The molecule has 0 unspecified atom stereocenters. The van der Waals surface area contributed by atoms with Gasteiger partial charge in [0.05, 0.1) is 11.9 Å². The van der Waals surface area contributed by atoms with Crippen LogP contribution in [0.5, 0.6) is 0 Å². The van der Waals surface area contributed by atoms with Crippen molar-refractivity contribution in [2.75, 3.05) is 5.73 Å². The van der Waals surface area contributed by atoms with Gasteiger partial charge in [-0.05, 0) is 6.92 Å². The average molecular weight is 173 g/mol. The molecule has 5 nitrogen and oxygen atoms in total. The first-order chi connectivity index (χ1) is 6.22. The molecule has 0 saturated heterocycles. The maximum atomic E-state index is 8.78. The second-order valence-electron chi connectivity index (χ2n) is 2.73. The highest BCUT2D eigenvalue weighted by Gasteiger charge is 2.06. The van der Waals surface area contributed by atoms with Crippen LogP contribution in [0, 0.1) is 18.3 Å². The Labute approximate surface area is 74.4 Å². The molecule has 2 N–H and O–H groups in total. The van der Waals surface area contributed by atoms with Crippen molar-refractivity contribution in [1.82, 2.24) is 14.6 Å². The molecule has 2 aromatic heterocycles. The van der Waals surface area contributed by atoms with Crippen LogP contribution in [0.15, 0.2) is 12.3 Å². The minimum Gasteiger partial charge on any atom is -0.382 e. The molecular weight excluding hydrogens is 166 g/mol. The fourth-order valence-electron chi connectivity index (χ4n) is 1.18. The van der Waals surface area contributed by atoms with Crippen molar-refractivity contribution in [1.29, 1.82) is 5.26 Å². The molecule has 0 aliphatic carbocycles. The van der Waals surface area contributed by atoms with Crippen molar-refractivity contribution in [2.45, 2.75) is 6.92 Å². The molecule has 0 spiro atoms. The van der Waals surface area contributed by atoms with Crippen LogP contribution in [-0.4, -0.2) is 14.6 Å². The third-order valence-electron chi connectivity index (χ3n) is 1.78. The maximum Gasteiger partial charge on any atom is 0.171 e. The molecule has 2 heterocycles. The monoisotopic (exact) mass is 173 g/mol. The number of nitrogen functional groups attached to an aromatic ring is 1. The second-order valence-corrected chi connectivity index (χ2v) is 2.73. The zero-order valence-electron chi connectivity index (χ0n) is 7.02. The lowest BCUT2D eigenvalue weighted by molar-refractivity contribution is 0.905. The van der Waals surface area contributed by atoms with Crippen LogP contribution in [0.2, 0.25) is 0 Å². The number of nitrogens with two attached hydrogens (primary N) is 1. The molecule has 0 aliphatic heterocycles. The van der Waals surface area contributed by atoms with Gasteiger partial charge in [0.15, 0.2) is 5.65 Å². The molecule has 0 bridgehead atoms. The lowest BCUT2D eigenvalue weighted by Gasteiger charge is -1.98. The van der Waals surface area contributed by atoms with Gasteiger partial charge >= 0.3 is 0 Å². The van der Waals surface area contributed by atoms with Gasteiger partial charge in [-0.1, -0.05) is 0 Å². The first kappa shape index (κ1) is 7.55. The number of fused-ring (bicyclic) bond motifs is 1. The van der Waals surface area contributed by atoms with Gasteiger partial charge in [0.2, 0.25) is 0 Å². The first-order valence-corrected chi connectivity index (χ1v) is 3.73. The van der Waals surface area contributed by atoms with Crippen LogP contribution >= 0.6 is 0 Å². The van der Waals surface area contributed by atoms with Gasteiger partial charge in [-0.15, -0.1) is 5.10 Å². The Morgan fingerprint density at radius 3 is 3.08 bits per heavy atom. The summed E-state index contributed by atoms with van der Waals surface area (Å²) >= 11 is 0. The lowest BCUT2D eigenvalue weighted by atomic mass is 10.3. The van der Waals surface area contributed by atoms with Crippen LogP contribution in [-0.2, 0) is 0 Å². The fraction of sp³-hybridized carbons (Fsp3) is 0.125. The third-order valence-corrected chi connectivity index (χ3v) is 1.78. The number of rotatable bonds is 0. The summed E-state index contributed by atoms with van der Waals surface area (Å²) in [6, 6.07) is 3.54. The molecule has 2 rings (SSSR count). The van der Waals surface area contributed by atoms with E-state index in [1.807, 2.05) is 13.0 Å². The van der Waals surface area contributed by atoms with Crippen LogP contribution in [0.25, 0.3) is 5.65 Å². The predicted molar refractivity (Wildman–Crippen MR) is 46.9 cm³/mol. The van der Waals surface area contributed by atoms with Gasteiger partial charge in [-0.25, -0.2) is 9.50 Å². The molecule has 0 fully saturated rings. The molecule has 0 saturated carbocycles. The molecule has 5 heteroatoms. The Bertz CT molecular complexity index is 505. The fourth-order valence-corrected chi connectivity index (χ4v) is 1.18. The largest absolute Gasteiger partial charge is 0.382 e. The molecule has 64 valence electrons. The quantitative estimate of drug-likeness (QED) is 0.628. The van der Waals surface area contributed by atoms with Crippen LogP contribution < -0.4 is 5.73 Å². The smallest absolute Gasteiger partial charge is 0.171 e. The van der Waals surface area contributed by atoms with E-state index in [2.05, 4.69) is 10.1 Å². The van der Waals surface area contributed by atoms with Crippen LogP contribution in [0.3, 0.4) is 0 Å². The summed E-state index contributed by atoms with van der Waals surface area (Å²) in [5.41, 5.74) is 7.37. The SMILES string of the molecule is Cc1cnc2c(C#N)cc(N)nn12. The number of imidazole rings is 1. The van der Waals surface area contributed by atoms with E-state index >= 15 is 0 Å². The van der Waals surface area contributed by atoms with Crippen molar-refractivity contribution in [3.63, 3.8) is 0 Å². The Hall–Kier alpha value is -2.09. The van der Waals surface area contributed by atoms with E-state index in [-0.39, 0.29) is 0 Å². The Morgan fingerprint density at radius 2 is 2.38 bits per heavy atom. The van der Waals surface area contributed by atoms with Crippen molar-refractivity contribution in [3.05, 3.63) is 23.5 Å². The number of aryl methyl sites for hydroxylation is 1. The van der Waals surface area contributed by atoms with Crippen molar-refractivity contribution < 1.29 is 0 Å². The van der Waals surface area contributed by atoms with E-state index in [1.165, 1.54) is 6.07 Å². The maximum absolute atomic E-state index is 8.78. The van der Waals surface area contributed by atoms with Gasteiger partial charge in [0, 0.05) is 6.07 Å². The summed E-state index contributed by atoms with van der Waals surface area (Å²) in [7, 11) is 0. The molecule has 0 radical (unpaired) electrons. The number of hydrogen-bond acceptors (Lipinski definition) is 4. The number of nitrogens with zero attached hydrogens (tertiary/aromatic N) is 4. The minimum absolute atomic E-state index is 0.324. The lowest BCUT2D eigenvalue weighted by Crippen LogP contribution is -2.01. The zero-order valence-corrected chi connectivity index (χ0v) is 7.02. The minimum atomic E-state index is 0.324. The number of nitriles is 1. The second kappa shape index (κ2) is 2.45. The van der Waals surface area contributed by atoms with Gasteiger partial charge in [0.25, 0.3) is 0 Å². The molecule has 0 aromatic carbocycles. The third kappa shape index (κ3) is 0.999. The molecule has 0 atom stereocenters.